The highest BCUT2D eigenvalue weighted by molar-refractivity contribution is 8.00. The van der Waals surface area contributed by atoms with Crippen molar-refractivity contribution in [1.82, 2.24) is 19.7 Å². The topological polar surface area (TPSA) is 51.0 Å². The second kappa shape index (κ2) is 8.63. The third kappa shape index (κ3) is 4.08. The first kappa shape index (κ1) is 20.5. The summed E-state index contributed by atoms with van der Waals surface area (Å²) in [6.07, 6.45) is 1.97. The third-order valence-electron chi connectivity index (χ3n) is 5.40. The summed E-state index contributed by atoms with van der Waals surface area (Å²) in [5, 5.41) is 8.79. The Kier molecular flexibility index (Phi) is 5.71. The zero-order valence-electron chi connectivity index (χ0n) is 16.6. The maximum absolute atomic E-state index is 14.3. The number of hydrogen-bond acceptors (Lipinski definition) is 5. The lowest BCUT2D eigenvalue weighted by Crippen LogP contribution is -2.32. The molecule has 1 aliphatic heterocycles. The fraction of sp³-hybridized carbons (Fsp3) is 0.318. The van der Waals surface area contributed by atoms with Crippen molar-refractivity contribution >= 4 is 29.4 Å². The molecule has 0 bridgehead atoms. The van der Waals surface area contributed by atoms with Crippen LogP contribution in [0.3, 0.4) is 0 Å². The molecule has 1 saturated heterocycles. The Morgan fingerprint density at radius 1 is 1.06 bits per heavy atom. The number of carbonyl (C=O) groups excluding carboxylic acids is 1. The molecule has 1 saturated carbocycles. The number of benzene rings is 2. The lowest BCUT2D eigenvalue weighted by Gasteiger charge is -2.24. The van der Waals surface area contributed by atoms with Crippen molar-refractivity contribution in [2.24, 2.45) is 0 Å². The highest BCUT2D eigenvalue weighted by atomic mass is 32.2. The molecule has 2 heterocycles. The van der Waals surface area contributed by atoms with Gasteiger partial charge in [-0.15, -0.1) is 22.0 Å². The number of carbonyl (C=O) groups is 1. The normalized spacial score (nSPS) is 18.5. The number of nitrogens with zero attached hydrogens (tertiary/aromatic N) is 4. The van der Waals surface area contributed by atoms with E-state index in [4.69, 9.17) is 0 Å². The average Bonchev–Trinajstić information content (AvgIpc) is 3.33. The van der Waals surface area contributed by atoms with Gasteiger partial charge in [0.15, 0.2) is 11.0 Å². The van der Waals surface area contributed by atoms with Crippen LogP contribution < -0.4 is 0 Å². The van der Waals surface area contributed by atoms with Crippen LogP contribution in [0.15, 0.2) is 53.7 Å². The SMILES string of the molecule is O=C(CSc1nnc(-c2ccccc2F)n1C1CC1)N1CCS[C@H]1c1ccccc1F. The van der Waals surface area contributed by atoms with E-state index in [0.717, 1.165) is 18.6 Å². The van der Waals surface area contributed by atoms with Crippen LogP contribution in [0, 0.1) is 11.6 Å². The fourth-order valence-corrected chi connectivity index (χ4v) is 5.92. The Bertz CT molecular complexity index is 1120. The minimum absolute atomic E-state index is 0.0685. The summed E-state index contributed by atoms with van der Waals surface area (Å²) in [6, 6.07) is 13.3. The van der Waals surface area contributed by atoms with Crippen molar-refractivity contribution in [1.29, 1.82) is 0 Å². The van der Waals surface area contributed by atoms with Crippen LogP contribution in [0.4, 0.5) is 8.78 Å². The number of rotatable bonds is 6. The first-order chi connectivity index (χ1) is 15.1. The molecule has 2 aliphatic rings. The second-order valence-electron chi connectivity index (χ2n) is 7.51. The van der Waals surface area contributed by atoms with E-state index in [0.29, 0.717) is 28.7 Å². The molecule has 3 aromatic rings. The Labute approximate surface area is 187 Å². The van der Waals surface area contributed by atoms with Gasteiger partial charge in [0.1, 0.15) is 17.0 Å². The molecule has 5 rings (SSSR count). The van der Waals surface area contributed by atoms with Gasteiger partial charge in [-0.05, 0) is 31.0 Å². The first-order valence-electron chi connectivity index (χ1n) is 10.1. The molecule has 2 fully saturated rings. The van der Waals surface area contributed by atoms with Crippen LogP contribution in [-0.2, 0) is 4.79 Å². The molecule has 1 aliphatic carbocycles. The van der Waals surface area contributed by atoms with E-state index in [1.165, 1.54) is 23.9 Å². The van der Waals surface area contributed by atoms with Gasteiger partial charge in [-0.2, -0.15) is 0 Å². The van der Waals surface area contributed by atoms with Gasteiger partial charge < -0.3 is 4.90 Å². The zero-order chi connectivity index (χ0) is 21.4. The molecular weight excluding hydrogens is 438 g/mol. The zero-order valence-corrected chi connectivity index (χ0v) is 18.2. The van der Waals surface area contributed by atoms with Crippen LogP contribution in [-0.4, -0.2) is 43.6 Å². The molecule has 9 heteroatoms. The number of aromatic nitrogens is 3. The quantitative estimate of drug-likeness (QED) is 0.491. The molecular formula is C22H20F2N4OS2. The van der Waals surface area contributed by atoms with E-state index in [-0.39, 0.29) is 34.7 Å². The van der Waals surface area contributed by atoms with Gasteiger partial charge in [-0.1, -0.05) is 42.1 Å². The summed E-state index contributed by atoms with van der Waals surface area (Å²) in [6.45, 7) is 0.582. The number of halogens is 2. The van der Waals surface area contributed by atoms with Gasteiger partial charge >= 0.3 is 0 Å². The van der Waals surface area contributed by atoms with Gasteiger partial charge in [0, 0.05) is 23.9 Å². The number of thioether (sulfide) groups is 2. The molecule has 1 atom stereocenters. The first-order valence-corrected chi connectivity index (χ1v) is 12.1. The highest BCUT2D eigenvalue weighted by Crippen LogP contribution is 2.42. The summed E-state index contributed by atoms with van der Waals surface area (Å²) < 4.78 is 30.5. The van der Waals surface area contributed by atoms with Crippen LogP contribution in [0.25, 0.3) is 11.4 Å². The highest BCUT2D eigenvalue weighted by Gasteiger charge is 2.34. The van der Waals surface area contributed by atoms with Crippen molar-refractivity contribution in [3.05, 3.63) is 65.7 Å². The van der Waals surface area contributed by atoms with Crippen LogP contribution in [0.5, 0.6) is 0 Å². The standard InChI is InChI=1S/C22H20F2N4OS2/c23-17-7-3-1-5-15(17)20-25-26-22(28(20)14-9-10-14)31-13-19(29)27-11-12-30-21(27)16-6-2-4-8-18(16)24/h1-8,14,21H,9-13H2/t21-/m0/s1. The van der Waals surface area contributed by atoms with Gasteiger partial charge in [0.2, 0.25) is 5.91 Å². The Morgan fingerprint density at radius 2 is 1.81 bits per heavy atom. The molecule has 0 unspecified atom stereocenters. The predicted molar refractivity (Wildman–Crippen MR) is 118 cm³/mol. The van der Waals surface area contributed by atoms with E-state index in [1.807, 2.05) is 4.57 Å². The van der Waals surface area contributed by atoms with Gasteiger partial charge in [-0.3, -0.25) is 9.36 Å². The molecule has 0 N–H and O–H groups in total. The molecule has 31 heavy (non-hydrogen) atoms. The summed E-state index contributed by atoms with van der Waals surface area (Å²) >= 11 is 2.88. The van der Waals surface area contributed by atoms with Crippen LogP contribution in [0.1, 0.15) is 29.8 Å². The second-order valence-corrected chi connectivity index (χ2v) is 9.64. The van der Waals surface area contributed by atoms with E-state index >= 15 is 0 Å². The average molecular weight is 459 g/mol. The van der Waals surface area contributed by atoms with Gasteiger partial charge in [0.05, 0.1) is 11.3 Å². The van der Waals surface area contributed by atoms with Crippen LogP contribution >= 0.6 is 23.5 Å². The molecule has 1 aromatic heterocycles. The van der Waals surface area contributed by atoms with Crippen LogP contribution in [0.2, 0.25) is 0 Å². The minimum atomic E-state index is -0.341. The van der Waals surface area contributed by atoms with Gasteiger partial charge in [-0.25, -0.2) is 8.78 Å². The lowest BCUT2D eigenvalue weighted by atomic mass is 10.2. The van der Waals surface area contributed by atoms with Crippen molar-refractivity contribution in [3.8, 4) is 11.4 Å². The third-order valence-corrected chi connectivity index (χ3v) is 7.57. The van der Waals surface area contributed by atoms with E-state index in [2.05, 4.69) is 10.2 Å². The Hall–Kier alpha value is -2.39. The van der Waals surface area contributed by atoms with E-state index < -0.39 is 0 Å². The molecule has 160 valence electrons. The Balaban J connectivity index is 1.34. The summed E-state index contributed by atoms with van der Waals surface area (Å²) in [5.41, 5.74) is 0.946. The van der Waals surface area contributed by atoms with Crippen molar-refractivity contribution in [2.45, 2.75) is 29.4 Å². The lowest BCUT2D eigenvalue weighted by molar-refractivity contribution is -0.128. The predicted octanol–water partition coefficient (Wildman–Crippen LogP) is 4.92. The van der Waals surface area contributed by atoms with E-state index in [1.54, 1.807) is 53.1 Å². The molecule has 0 radical (unpaired) electrons. The molecule has 1 amide bonds. The smallest absolute Gasteiger partial charge is 0.234 e. The van der Waals surface area contributed by atoms with Crippen molar-refractivity contribution in [3.63, 3.8) is 0 Å². The largest absolute Gasteiger partial charge is 0.325 e. The maximum atomic E-state index is 14.3. The molecule has 0 spiro atoms. The van der Waals surface area contributed by atoms with E-state index in [9.17, 15) is 13.6 Å². The Morgan fingerprint density at radius 3 is 2.55 bits per heavy atom. The number of hydrogen-bond donors (Lipinski definition) is 0. The summed E-state index contributed by atoms with van der Waals surface area (Å²) in [7, 11) is 0. The summed E-state index contributed by atoms with van der Waals surface area (Å²) in [5.74, 6) is 0.734. The van der Waals surface area contributed by atoms with Crippen molar-refractivity contribution in [2.75, 3.05) is 18.1 Å². The number of amides is 1. The monoisotopic (exact) mass is 458 g/mol. The fourth-order valence-electron chi connectivity index (χ4n) is 3.73. The minimum Gasteiger partial charge on any atom is -0.325 e. The molecule has 5 nitrogen and oxygen atoms in total. The summed E-state index contributed by atoms with van der Waals surface area (Å²) in [4.78, 5) is 14.7. The maximum Gasteiger partial charge on any atom is 0.234 e. The van der Waals surface area contributed by atoms with Gasteiger partial charge in [0.25, 0.3) is 0 Å². The van der Waals surface area contributed by atoms with Crippen molar-refractivity contribution < 1.29 is 13.6 Å². The molecule has 2 aromatic carbocycles.